The highest BCUT2D eigenvalue weighted by Gasteiger charge is 2.46. The Kier molecular flexibility index (Phi) is 10.0. The van der Waals surface area contributed by atoms with Crippen LogP contribution in [0.2, 0.25) is 0 Å². The first-order chi connectivity index (χ1) is 22.3. The van der Waals surface area contributed by atoms with Crippen LogP contribution in [0.3, 0.4) is 0 Å². The van der Waals surface area contributed by atoms with E-state index in [9.17, 15) is 22.8 Å². The number of rotatable bonds is 10. The van der Waals surface area contributed by atoms with Crippen LogP contribution in [-0.4, -0.2) is 67.4 Å². The summed E-state index contributed by atoms with van der Waals surface area (Å²) in [6.07, 6.45) is -3.76. The molecule has 47 heavy (non-hydrogen) atoms. The van der Waals surface area contributed by atoms with E-state index in [1.165, 1.54) is 0 Å². The second-order valence-electron chi connectivity index (χ2n) is 13.0. The van der Waals surface area contributed by atoms with E-state index < -0.39 is 30.0 Å². The van der Waals surface area contributed by atoms with Gasteiger partial charge in [-0.3, -0.25) is 4.90 Å². The van der Waals surface area contributed by atoms with E-state index in [0.717, 1.165) is 65.0 Å². The number of allylic oxidation sites excluding steroid dienone is 1. The summed E-state index contributed by atoms with van der Waals surface area (Å²) in [5.41, 5.74) is 4.64. The number of hydrogen-bond donors (Lipinski definition) is 2. The largest absolute Gasteiger partial charge is 0.433 e. The van der Waals surface area contributed by atoms with Crippen molar-refractivity contribution in [1.29, 1.82) is 0 Å². The highest BCUT2D eigenvalue weighted by Crippen LogP contribution is 2.52. The molecule has 3 aromatic carbocycles. The third-order valence-electron chi connectivity index (χ3n) is 9.12. The average Bonchev–Trinajstić information content (AvgIpc) is 3.31. The van der Waals surface area contributed by atoms with Crippen LogP contribution >= 0.6 is 0 Å². The van der Waals surface area contributed by atoms with Crippen molar-refractivity contribution in [3.63, 3.8) is 0 Å². The topological polar surface area (TPSA) is 73.9 Å². The van der Waals surface area contributed by atoms with Crippen molar-refractivity contribution in [2.45, 2.75) is 57.3 Å². The molecule has 250 valence electrons. The summed E-state index contributed by atoms with van der Waals surface area (Å²) < 4.78 is 44.6. The van der Waals surface area contributed by atoms with E-state index in [-0.39, 0.29) is 6.03 Å². The smallest absolute Gasteiger partial charge is 0.408 e. The number of halogens is 3. The second-order valence-corrected chi connectivity index (χ2v) is 13.0. The first-order valence-corrected chi connectivity index (χ1v) is 16.1. The molecule has 1 saturated heterocycles. The minimum atomic E-state index is -4.55. The van der Waals surface area contributed by atoms with Gasteiger partial charge in [0.2, 0.25) is 0 Å². The Morgan fingerprint density at radius 1 is 0.894 bits per heavy atom. The number of fused-ring (bicyclic) bond motifs is 3. The lowest BCUT2D eigenvalue weighted by Crippen LogP contribution is -2.55. The Labute approximate surface area is 274 Å². The number of urea groups is 1. The van der Waals surface area contributed by atoms with Crippen molar-refractivity contribution >= 4 is 17.7 Å². The molecule has 3 amide bonds. The van der Waals surface area contributed by atoms with Crippen molar-refractivity contribution in [1.82, 2.24) is 20.4 Å². The van der Waals surface area contributed by atoms with E-state index in [4.69, 9.17) is 4.74 Å². The third-order valence-corrected chi connectivity index (χ3v) is 9.12. The molecule has 1 fully saturated rings. The summed E-state index contributed by atoms with van der Waals surface area (Å²) in [6.45, 7) is 12.0. The molecule has 0 radical (unpaired) electrons. The second kappa shape index (κ2) is 13.8. The molecule has 3 aromatic rings. The van der Waals surface area contributed by atoms with Gasteiger partial charge in [0.25, 0.3) is 0 Å². The molecule has 1 aliphatic heterocycles. The van der Waals surface area contributed by atoms with Gasteiger partial charge in [0, 0.05) is 37.3 Å². The molecule has 0 aromatic heterocycles. The Hall–Kier alpha value is -4.31. The number of hydrogen-bond acceptors (Lipinski definition) is 4. The monoisotopic (exact) mass is 648 g/mol. The van der Waals surface area contributed by atoms with Crippen LogP contribution in [0.1, 0.15) is 62.3 Å². The molecule has 0 unspecified atom stereocenters. The van der Waals surface area contributed by atoms with Gasteiger partial charge in [-0.15, -0.1) is 0 Å². The van der Waals surface area contributed by atoms with E-state index >= 15 is 0 Å². The fourth-order valence-corrected chi connectivity index (χ4v) is 6.56. The number of benzene rings is 3. The normalized spacial score (nSPS) is 15.8. The van der Waals surface area contributed by atoms with Crippen molar-refractivity contribution in [2.75, 3.05) is 39.3 Å². The van der Waals surface area contributed by atoms with Crippen molar-refractivity contribution in [3.8, 4) is 11.1 Å². The molecule has 10 heteroatoms. The van der Waals surface area contributed by atoms with Gasteiger partial charge >= 0.3 is 18.3 Å². The molecule has 2 aliphatic rings. The standard InChI is InChI=1S/C37H43F3N4O3/c1-26(2)27-12-11-13-28(24-27)35(3,4)42-33(45)44-22-20-43(21-23-44)19-10-9-18-36(47-34(46)41-25-37(38,39)40)31-16-7-5-14-29(31)30-15-6-8-17-32(30)36/h5-8,11-17,24H,1,9-10,18-23,25H2,2-4H3,(H,41,46)(H,42,45). The first-order valence-electron chi connectivity index (χ1n) is 16.1. The quantitative estimate of drug-likeness (QED) is 0.222. The molecule has 2 N–H and O–H groups in total. The minimum absolute atomic E-state index is 0.100. The summed E-state index contributed by atoms with van der Waals surface area (Å²) in [5, 5.41) is 5.08. The van der Waals surface area contributed by atoms with Gasteiger partial charge in [0.15, 0.2) is 5.60 Å². The number of carbonyl (C=O) groups excluding carboxylic acids is 2. The molecule has 0 bridgehead atoms. The van der Waals surface area contributed by atoms with Gasteiger partial charge in [-0.1, -0.05) is 78.9 Å². The lowest BCUT2D eigenvalue weighted by molar-refractivity contribution is -0.124. The maximum atomic E-state index is 13.2. The summed E-state index contributed by atoms with van der Waals surface area (Å²) >= 11 is 0. The predicted octanol–water partition coefficient (Wildman–Crippen LogP) is 7.67. The molecule has 0 spiro atoms. The van der Waals surface area contributed by atoms with Gasteiger partial charge in [-0.2, -0.15) is 13.2 Å². The van der Waals surface area contributed by atoms with Crippen LogP contribution in [-0.2, 0) is 15.9 Å². The predicted molar refractivity (Wildman–Crippen MR) is 178 cm³/mol. The maximum absolute atomic E-state index is 13.2. The van der Waals surface area contributed by atoms with Crippen molar-refractivity contribution in [3.05, 3.63) is 102 Å². The molecular formula is C37H43F3N4O3. The van der Waals surface area contributed by atoms with Gasteiger partial charge in [0.1, 0.15) is 6.54 Å². The fraction of sp³-hybridized carbons (Fsp3) is 0.405. The zero-order valence-electron chi connectivity index (χ0n) is 27.3. The number of carbonyl (C=O) groups is 2. The van der Waals surface area contributed by atoms with Crippen LogP contribution in [0.25, 0.3) is 16.7 Å². The van der Waals surface area contributed by atoms with E-state index in [1.807, 2.05) is 97.7 Å². The minimum Gasteiger partial charge on any atom is -0.433 e. The zero-order chi connectivity index (χ0) is 33.8. The van der Waals surface area contributed by atoms with Crippen LogP contribution in [0.15, 0.2) is 79.4 Å². The van der Waals surface area contributed by atoms with Crippen LogP contribution in [0.4, 0.5) is 22.8 Å². The number of nitrogens with one attached hydrogen (secondary N) is 2. The summed E-state index contributed by atoms with van der Waals surface area (Å²) in [5.74, 6) is 0. The number of ether oxygens (including phenoxy) is 1. The Morgan fingerprint density at radius 3 is 2.11 bits per heavy atom. The van der Waals surface area contributed by atoms with Crippen molar-refractivity contribution in [2.24, 2.45) is 0 Å². The number of piperazine rings is 1. The molecule has 5 rings (SSSR count). The zero-order valence-corrected chi connectivity index (χ0v) is 27.3. The molecular weight excluding hydrogens is 605 g/mol. The number of alkyl carbamates (subject to hydrolysis) is 1. The van der Waals surface area contributed by atoms with Gasteiger partial charge in [-0.25, -0.2) is 9.59 Å². The van der Waals surface area contributed by atoms with E-state index in [2.05, 4.69) is 22.9 Å². The van der Waals surface area contributed by atoms with Gasteiger partial charge < -0.3 is 20.3 Å². The highest BCUT2D eigenvalue weighted by molar-refractivity contribution is 5.82. The Morgan fingerprint density at radius 2 is 1.51 bits per heavy atom. The lowest BCUT2D eigenvalue weighted by atomic mass is 9.86. The third kappa shape index (κ3) is 7.81. The number of alkyl halides is 3. The number of unbranched alkanes of at least 4 members (excludes halogenated alkanes) is 1. The molecule has 0 saturated carbocycles. The number of nitrogens with zero attached hydrogens (tertiary/aromatic N) is 2. The van der Waals surface area contributed by atoms with Crippen LogP contribution in [0, 0.1) is 0 Å². The summed E-state index contributed by atoms with van der Waals surface area (Å²) in [4.78, 5) is 30.1. The van der Waals surface area contributed by atoms with Gasteiger partial charge in [0.05, 0.1) is 5.54 Å². The Balaban J connectivity index is 1.18. The van der Waals surface area contributed by atoms with E-state index in [1.54, 1.807) is 0 Å². The SMILES string of the molecule is C=C(C)c1cccc(C(C)(C)NC(=O)N2CCN(CCCCC3(OC(=O)NCC(F)(F)F)c4ccccc4-c4ccccc43)CC2)c1. The summed E-state index contributed by atoms with van der Waals surface area (Å²) in [7, 11) is 0. The maximum Gasteiger partial charge on any atom is 0.408 e. The lowest BCUT2D eigenvalue weighted by Gasteiger charge is -2.37. The number of amides is 3. The molecule has 7 nitrogen and oxygen atoms in total. The summed E-state index contributed by atoms with van der Waals surface area (Å²) in [6, 6.07) is 23.1. The fourth-order valence-electron chi connectivity index (χ4n) is 6.56. The average molecular weight is 649 g/mol. The first kappa shape index (κ1) is 34.0. The van der Waals surface area contributed by atoms with Crippen LogP contribution in [0.5, 0.6) is 0 Å². The van der Waals surface area contributed by atoms with Crippen LogP contribution < -0.4 is 10.6 Å². The Bertz CT molecular complexity index is 1570. The molecule has 1 heterocycles. The van der Waals surface area contributed by atoms with Gasteiger partial charge in [-0.05, 0) is 74.9 Å². The van der Waals surface area contributed by atoms with E-state index in [0.29, 0.717) is 25.9 Å². The highest BCUT2D eigenvalue weighted by atomic mass is 19.4. The molecule has 0 atom stereocenters. The molecule has 1 aliphatic carbocycles. The van der Waals surface area contributed by atoms with Crippen molar-refractivity contribution < 1.29 is 27.5 Å².